The van der Waals surface area contributed by atoms with Crippen LogP contribution in [0.3, 0.4) is 0 Å². The van der Waals surface area contributed by atoms with E-state index in [0.717, 1.165) is 5.76 Å². The molecule has 1 aromatic carbocycles. The van der Waals surface area contributed by atoms with Gasteiger partial charge in [-0.15, -0.1) is 0 Å². The van der Waals surface area contributed by atoms with Crippen LogP contribution in [-0.2, 0) is 21.4 Å². The summed E-state index contributed by atoms with van der Waals surface area (Å²) in [7, 11) is -2.42. The van der Waals surface area contributed by atoms with Crippen LogP contribution in [0, 0.1) is 0 Å². The summed E-state index contributed by atoms with van der Waals surface area (Å²) in [6.07, 6.45) is 2.20. The molecule has 0 saturated carbocycles. The molecule has 2 rings (SSSR count). The summed E-state index contributed by atoms with van der Waals surface area (Å²) in [5, 5.41) is 2.75. The second-order valence-electron chi connectivity index (χ2n) is 6.38. The van der Waals surface area contributed by atoms with Gasteiger partial charge in [0.15, 0.2) is 0 Å². The van der Waals surface area contributed by atoms with Crippen molar-refractivity contribution in [3.8, 4) is 5.75 Å². The number of carbonyl (C=O) groups is 1. The largest absolute Gasteiger partial charge is 0.495 e. The number of hydrogen-bond acceptors (Lipinski definition) is 6. The quantitative estimate of drug-likeness (QED) is 0.551. The molecule has 1 heterocycles. The lowest BCUT2D eigenvalue weighted by atomic mass is 10.2. The molecule has 0 unspecified atom stereocenters. The Hall–Kier alpha value is -2.36. The fourth-order valence-corrected chi connectivity index (χ4v) is 3.89. The third kappa shape index (κ3) is 6.36. The highest BCUT2D eigenvalue weighted by Gasteiger charge is 2.22. The van der Waals surface area contributed by atoms with Gasteiger partial charge in [-0.3, -0.25) is 4.79 Å². The number of benzene rings is 1. The normalized spacial score (nSPS) is 11.6. The number of rotatable bonds is 11. The summed E-state index contributed by atoms with van der Waals surface area (Å²) < 4.78 is 43.2. The fraction of sp³-hybridized carbons (Fsp3) is 0.421. The van der Waals surface area contributed by atoms with Crippen molar-refractivity contribution in [1.29, 1.82) is 0 Å². The van der Waals surface area contributed by atoms with E-state index in [2.05, 4.69) is 10.0 Å². The van der Waals surface area contributed by atoms with Crippen LogP contribution in [-0.4, -0.2) is 40.6 Å². The van der Waals surface area contributed by atoms with Gasteiger partial charge in [-0.1, -0.05) is 0 Å². The number of amides is 1. The number of carbonyl (C=O) groups excluding carboxylic acids is 1. The van der Waals surface area contributed by atoms with E-state index in [1.54, 1.807) is 26.2 Å². The summed E-state index contributed by atoms with van der Waals surface area (Å²) in [5.74, 6) is 0.553. The van der Waals surface area contributed by atoms with Crippen molar-refractivity contribution in [2.24, 2.45) is 0 Å². The Morgan fingerprint density at radius 1 is 1.25 bits per heavy atom. The molecule has 1 aromatic heterocycles. The number of sulfonamides is 1. The van der Waals surface area contributed by atoms with Crippen LogP contribution in [0.15, 0.2) is 45.9 Å². The molecule has 154 valence electrons. The lowest BCUT2D eigenvalue weighted by Gasteiger charge is -2.14. The van der Waals surface area contributed by atoms with Crippen molar-refractivity contribution in [1.82, 2.24) is 10.0 Å². The predicted molar refractivity (Wildman–Crippen MR) is 104 cm³/mol. The highest BCUT2D eigenvalue weighted by molar-refractivity contribution is 7.89. The first-order chi connectivity index (χ1) is 13.3. The zero-order valence-corrected chi connectivity index (χ0v) is 17.0. The molecular weight excluding hydrogens is 384 g/mol. The second kappa shape index (κ2) is 10.3. The van der Waals surface area contributed by atoms with Crippen molar-refractivity contribution in [2.75, 3.05) is 20.3 Å². The van der Waals surface area contributed by atoms with E-state index in [4.69, 9.17) is 13.9 Å². The Bertz CT molecular complexity index is 863. The third-order valence-corrected chi connectivity index (χ3v) is 5.36. The average Bonchev–Trinajstić information content (AvgIpc) is 3.16. The van der Waals surface area contributed by atoms with Gasteiger partial charge in [0.2, 0.25) is 10.0 Å². The standard InChI is InChI=1S/C19H26N2O6S/c1-14(2)21-28(23,24)18-12-15(7-8-17(18)25-3)19(22)20-9-5-10-26-13-16-6-4-11-27-16/h4,6-8,11-12,14,21H,5,9-10,13H2,1-3H3,(H,20,22). The topological polar surface area (TPSA) is 107 Å². The van der Waals surface area contributed by atoms with Gasteiger partial charge in [0.05, 0.1) is 13.4 Å². The van der Waals surface area contributed by atoms with E-state index in [-0.39, 0.29) is 28.2 Å². The molecule has 8 nitrogen and oxygen atoms in total. The molecule has 2 N–H and O–H groups in total. The molecule has 0 radical (unpaired) electrons. The Balaban J connectivity index is 1.91. The highest BCUT2D eigenvalue weighted by atomic mass is 32.2. The smallest absolute Gasteiger partial charge is 0.251 e. The van der Waals surface area contributed by atoms with Crippen LogP contribution in [0.1, 0.15) is 36.4 Å². The zero-order valence-electron chi connectivity index (χ0n) is 16.2. The van der Waals surface area contributed by atoms with Crippen LogP contribution >= 0.6 is 0 Å². The van der Waals surface area contributed by atoms with Gasteiger partial charge in [-0.05, 0) is 50.6 Å². The second-order valence-corrected chi connectivity index (χ2v) is 8.07. The number of ether oxygens (including phenoxy) is 2. The SMILES string of the molecule is COc1ccc(C(=O)NCCCOCc2ccco2)cc1S(=O)(=O)NC(C)C. The fourth-order valence-electron chi connectivity index (χ4n) is 2.45. The van der Waals surface area contributed by atoms with E-state index in [0.29, 0.717) is 26.2 Å². The Morgan fingerprint density at radius 3 is 2.68 bits per heavy atom. The predicted octanol–water partition coefficient (Wildman–Crippen LogP) is 2.31. The first-order valence-corrected chi connectivity index (χ1v) is 10.4. The molecule has 9 heteroatoms. The van der Waals surface area contributed by atoms with Gasteiger partial charge in [0.1, 0.15) is 23.0 Å². The van der Waals surface area contributed by atoms with Crippen LogP contribution in [0.2, 0.25) is 0 Å². The number of furan rings is 1. The molecule has 0 fully saturated rings. The Morgan fingerprint density at radius 2 is 2.04 bits per heavy atom. The molecule has 1 amide bonds. The number of nitrogens with one attached hydrogen (secondary N) is 2. The van der Waals surface area contributed by atoms with Crippen molar-refractivity contribution >= 4 is 15.9 Å². The monoisotopic (exact) mass is 410 g/mol. The van der Waals surface area contributed by atoms with Gasteiger partial charge in [0, 0.05) is 24.8 Å². The zero-order chi connectivity index (χ0) is 20.6. The average molecular weight is 410 g/mol. The minimum absolute atomic E-state index is 0.0712. The number of hydrogen-bond donors (Lipinski definition) is 2. The maximum atomic E-state index is 12.5. The van der Waals surface area contributed by atoms with Crippen LogP contribution < -0.4 is 14.8 Å². The summed E-state index contributed by atoms with van der Waals surface area (Å²) in [4.78, 5) is 12.3. The van der Waals surface area contributed by atoms with Gasteiger partial charge in [0.25, 0.3) is 5.91 Å². The van der Waals surface area contributed by atoms with Crippen molar-refractivity contribution in [3.63, 3.8) is 0 Å². The third-order valence-electron chi connectivity index (χ3n) is 3.68. The van der Waals surface area contributed by atoms with Gasteiger partial charge >= 0.3 is 0 Å². The van der Waals surface area contributed by atoms with Crippen molar-refractivity contribution < 1.29 is 27.1 Å². The van der Waals surface area contributed by atoms with E-state index < -0.39 is 10.0 Å². The van der Waals surface area contributed by atoms with E-state index in [1.807, 2.05) is 6.07 Å². The summed E-state index contributed by atoms with van der Waals surface area (Å²) in [6, 6.07) is 7.64. The lowest BCUT2D eigenvalue weighted by Crippen LogP contribution is -2.31. The molecule has 0 saturated heterocycles. The summed E-state index contributed by atoms with van der Waals surface area (Å²) >= 11 is 0. The molecule has 2 aromatic rings. The first-order valence-electron chi connectivity index (χ1n) is 8.92. The molecule has 0 aliphatic rings. The highest BCUT2D eigenvalue weighted by Crippen LogP contribution is 2.25. The van der Waals surface area contributed by atoms with Gasteiger partial charge in [-0.2, -0.15) is 0 Å². The maximum Gasteiger partial charge on any atom is 0.251 e. The summed E-state index contributed by atoms with van der Waals surface area (Å²) in [5.41, 5.74) is 0.237. The number of methoxy groups -OCH3 is 1. The molecular formula is C19H26N2O6S. The molecule has 0 bridgehead atoms. The summed E-state index contributed by atoms with van der Waals surface area (Å²) in [6.45, 7) is 4.67. The Labute approximate surface area is 165 Å². The van der Waals surface area contributed by atoms with Crippen LogP contribution in [0.25, 0.3) is 0 Å². The lowest BCUT2D eigenvalue weighted by molar-refractivity contribution is 0.0917. The van der Waals surface area contributed by atoms with E-state index in [9.17, 15) is 13.2 Å². The van der Waals surface area contributed by atoms with Crippen molar-refractivity contribution in [2.45, 2.75) is 37.8 Å². The Kier molecular flexibility index (Phi) is 8.04. The molecule has 0 aliphatic heterocycles. The van der Waals surface area contributed by atoms with Gasteiger partial charge < -0.3 is 19.2 Å². The minimum atomic E-state index is -3.80. The maximum absolute atomic E-state index is 12.5. The van der Waals surface area contributed by atoms with Gasteiger partial charge in [-0.25, -0.2) is 13.1 Å². The molecule has 0 spiro atoms. The van der Waals surface area contributed by atoms with Crippen LogP contribution in [0.5, 0.6) is 5.75 Å². The van der Waals surface area contributed by atoms with E-state index in [1.165, 1.54) is 25.3 Å². The molecule has 28 heavy (non-hydrogen) atoms. The molecule has 0 atom stereocenters. The van der Waals surface area contributed by atoms with Crippen molar-refractivity contribution in [3.05, 3.63) is 47.9 Å². The minimum Gasteiger partial charge on any atom is -0.495 e. The molecule has 0 aliphatic carbocycles. The first kappa shape index (κ1) is 21.9. The van der Waals surface area contributed by atoms with Crippen LogP contribution in [0.4, 0.5) is 0 Å². The van der Waals surface area contributed by atoms with E-state index >= 15 is 0 Å².